The van der Waals surface area contributed by atoms with E-state index in [2.05, 4.69) is 218 Å². The summed E-state index contributed by atoms with van der Waals surface area (Å²) in [6.07, 6.45) is 0. The average Bonchev–Trinajstić information content (AvgIpc) is 3.73. The molecule has 264 valence electrons. The van der Waals surface area contributed by atoms with E-state index in [0.717, 1.165) is 10.2 Å². The van der Waals surface area contributed by atoms with Gasteiger partial charge in [-0.05, 0) is 122 Å². The first-order valence-electron chi connectivity index (χ1n) is 19.0. The Labute approximate surface area is 325 Å². The molecule has 0 amide bonds. The zero-order chi connectivity index (χ0) is 37.1. The molecule has 54 heavy (non-hydrogen) atoms. The second kappa shape index (κ2) is 11.6. The molecule has 1 aliphatic rings. The average molecular weight is 764 g/mol. The summed E-state index contributed by atoms with van der Waals surface area (Å²) in [5.41, 5.74) is 15.3. The molecule has 0 unspecified atom stereocenters. The molecule has 0 fully saturated rings. The molecular weight excluding hydrogens is 720 g/mol. The van der Waals surface area contributed by atoms with Crippen molar-refractivity contribution in [1.29, 1.82) is 0 Å². The van der Waals surface area contributed by atoms with Gasteiger partial charge in [0.2, 0.25) is 0 Å². The number of aromatic nitrogens is 2. The number of fused-ring (bicyclic) bond motifs is 7. The summed E-state index contributed by atoms with van der Waals surface area (Å²) in [7, 11) is 0. The maximum Gasteiger partial charge on any atom is 0.0541 e. The van der Waals surface area contributed by atoms with Gasteiger partial charge in [-0.15, -0.1) is 0 Å². The molecule has 0 bridgehead atoms. The van der Waals surface area contributed by atoms with Gasteiger partial charge < -0.3 is 9.13 Å². The first kappa shape index (κ1) is 33.2. The van der Waals surface area contributed by atoms with Crippen molar-refractivity contribution < 1.29 is 0 Å². The fourth-order valence-electron chi connectivity index (χ4n) is 9.51. The van der Waals surface area contributed by atoms with Crippen LogP contribution in [0.5, 0.6) is 0 Å². The zero-order valence-corrected chi connectivity index (χ0v) is 33.3. The molecule has 0 atom stereocenters. The van der Waals surface area contributed by atoms with E-state index in [4.69, 9.17) is 0 Å². The van der Waals surface area contributed by atoms with E-state index in [-0.39, 0.29) is 16.2 Å². The molecule has 0 radical (unpaired) electrons. The largest absolute Gasteiger partial charge is 0.309 e. The quantitative estimate of drug-likeness (QED) is 0.169. The lowest BCUT2D eigenvalue weighted by atomic mass is 9.59. The molecule has 10 rings (SSSR count). The Balaban J connectivity index is 1.07. The fourth-order valence-corrected chi connectivity index (χ4v) is 10.1. The van der Waals surface area contributed by atoms with Gasteiger partial charge in [0.25, 0.3) is 0 Å². The van der Waals surface area contributed by atoms with E-state index in [1.54, 1.807) is 0 Å². The summed E-state index contributed by atoms with van der Waals surface area (Å²) < 4.78 is 5.95. The summed E-state index contributed by atoms with van der Waals surface area (Å²) >= 11 is 3.99. The van der Waals surface area contributed by atoms with Gasteiger partial charge in [-0.3, -0.25) is 0 Å². The van der Waals surface area contributed by atoms with Gasteiger partial charge in [-0.1, -0.05) is 136 Å². The number of rotatable bonds is 4. The molecule has 2 heterocycles. The monoisotopic (exact) mass is 762 g/mol. The molecule has 0 aliphatic heterocycles. The number of nitrogens with zero attached hydrogens (tertiary/aromatic N) is 2. The Kier molecular flexibility index (Phi) is 7.11. The van der Waals surface area contributed by atoms with Gasteiger partial charge in [-0.2, -0.15) is 0 Å². The molecule has 0 N–H and O–H groups in total. The van der Waals surface area contributed by atoms with Crippen molar-refractivity contribution in [3.8, 4) is 33.6 Å². The SMILES string of the molecule is CC1(C)c2cc(Br)c(-c3ccc(-n4c5ccccc5c5cc(-c6ccc7c(c6)c6ccccc6n7-c6ccccc6)ccc54)cc3)cc2C(C)(C)C1(C)C. The van der Waals surface area contributed by atoms with Crippen LogP contribution < -0.4 is 0 Å². The molecule has 0 spiro atoms. The van der Waals surface area contributed by atoms with Gasteiger partial charge in [0, 0.05) is 37.4 Å². The van der Waals surface area contributed by atoms with Gasteiger partial charge in [-0.25, -0.2) is 0 Å². The van der Waals surface area contributed by atoms with Crippen molar-refractivity contribution in [2.75, 3.05) is 0 Å². The Morgan fingerprint density at radius 3 is 1.35 bits per heavy atom. The van der Waals surface area contributed by atoms with E-state index in [9.17, 15) is 0 Å². The summed E-state index contributed by atoms with van der Waals surface area (Å²) in [5, 5.41) is 5.05. The molecule has 9 aromatic rings. The molecule has 3 heteroatoms. The third-order valence-electron chi connectivity index (χ3n) is 13.7. The minimum Gasteiger partial charge on any atom is -0.309 e. The second-order valence-corrected chi connectivity index (χ2v) is 17.7. The molecule has 0 saturated heterocycles. The van der Waals surface area contributed by atoms with Crippen molar-refractivity contribution in [2.24, 2.45) is 5.41 Å². The van der Waals surface area contributed by atoms with Gasteiger partial charge in [0.1, 0.15) is 0 Å². The molecule has 1 aliphatic carbocycles. The molecule has 7 aromatic carbocycles. The normalized spacial score (nSPS) is 15.8. The Bertz CT molecular complexity index is 2950. The standard InChI is InChI=1S/C51H43BrN2/c1-49(2)42-30-39(44(52)31-43(42)50(3,4)51(49,5)6)32-20-24-36(25-21-32)54-46-19-13-11-17-38(46)41-29-34(23-27-48(41)54)33-22-26-47-40(28-33)37-16-10-12-18-45(37)53(47)35-14-8-7-9-15-35/h7-31H,1-6H3. The predicted octanol–water partition coefficient (Wildman–Crippen LogP) is 14.6. The highest BCUT2D eigenvalue weighted by Crippen LogP contribution is 2.62. The van der Waals surface area contributed by atoms with Crippen LogP contribution in [0.3, 0.4) is 0 Å². The highest BCUT2D eigenvalue weighted by atomic mass is 79.9. The first-order chi connectivity index (χ1) is 26.0. The van der Waals surface area contributed by atoms with Crippen molar-refractivity contribution in [3.63, 3.8) is 0 Å². The number of halogens is 1. The maximum absolute atomic E-state index is 3.99. The highest BCUT2D eigenvalue weighted by Gasteiger charge is 2.56. The number of para-hydroxylation sites is 3. The molecule has 0 saturated carbocycles. The smallest absolute Gasteiger partial charge is 0.0541 e. The van der Waals surface area contributed by atoms with Gasteiger partial charge in [0.15, 0.2) is 0 Å². The van der Waals surface area contributed by atoms with Crippen LogP contribution >= 0.6 is 15.9 Å². The van der Waals surface area contributed by atoms with Gasteiger partial charge >= 0.3 is 0 Å². The van der Waals surface area contributed by atoms with E-state index in [0.29, 0.717) is 0 Å². The minimum atomic E-state index is 0.0514. The second-order valence-electron chi connectivity index (χ2n) is 16.8. The Morgan fingerprint density at radius 2 is 0.815 bits per heavy atom. The van der Waals surface area contributed by atoms with E-state index in [1.807, 2.05) is 0 Å². The van der Waals surface area contributed by atoms with Crippen LogP contribution in [0.1, 0.15) is 52.7 Å². The van der Waals surface area contributed by atoms with Crippen LogP contribution in [0.15, 0.2) is 156 Å². The Morgan fingerprint density at radius 1 is 0.389 bits per heavy atom. The molecular formula is C51H43BrN2. The zero-order valence-electron chi connectivity index (χ0n) is 31.7. The number of hydrogen-bond donors (Lipinski definition) is 0. The fraction of sp³-hybridized carbons (Fsp3) is 0.176. The van der Waals surface area contributed by atoms with Crippen LogP contribution in [0.4, 0.5) is 0 Å². The van der Waals surface area contributed by atoms with E-state index in [1.165, 1.54) is 82.7 Å². The summed E-state index contributed by atoms with van der Waals surface area (Å²) in [6, 6.07) is 56.1. The lowest BCUT2D eigenvalue weighted by Crippen LogP contribution is -2.42. The van der Waals surface area contributed by atoms with Crippen LogP contribution in [0.25, 0.3) is 77.2 Å². The van der Waals surface area contributed by atoms with Crippen LogP contribution in [0, 0.1) is 5.41 Å². The predicted molar refractivity (Wildman–Crippen MR) is 234 cm³/mol. The van der Waals surface area contributed by atoms with E-state index >= 15 is 0 Å². The maximum atomic E-state index is 3.99. The number of hydrogen-bond acceptors (Lipinski definition) is 0. The summed E-state index contributed by atoms with van der Waals surface area (Å²) in [5.74, 6) is 0. The minimum absolute atomic E-state index is 0.0514. The third kappa shape index (κ3) is 4.51. The molecule has 2 nitrogen and oxygen atoms in total. The first-order valence-corrected chi connectivity index (χ1v) is 19.8. The third-order valence-corrected chi connectivity index (χ3v) is 14.4. The molecule has 2 aromatic heterocycles. The van der Waals surface area contributed by atoms with Crippen molar-refractivity contribution in [1.82, 2.24) is 9.13 Å². The van der Waals surface area contributed by atoms with Crippen LogP contribution in [-0.4, -0.2) is 9.13 Å². The van der Waals surface area contributed by atoms with Crippen molar-refractivity contribution >= 4 is 59.5 Å². The summed E-state index contributed by atoms with van der Waals surface area (Å²) in [6.45, 7) is 14.5. The number of benzene rings is 7. The lowest BCUT2D eigenvalue weighted by molar-refractivity contribution is 0.125. The van der Waals surface area contributed by atoms with E-state index < -0.39 is 0 Å². The Hall–Kier alpha value is -5.38. The van der Waals surface area contributed by atoms with Crippen LogP contribution in [0.2, 0.25) is 0 Å². The highest BCUT2D eigenvalue weighted by molar-refractivity contribution is 9.10. The lowest BCUT2D eigenvalue weighted by Gasteiger charge is -2.44. The van der Waals surface area contributed by atoms with Crippen LogP contribution in [-0.2, 0) is 10.8 Å². The topological polar surface area (TPSA) is 9.86 Å². The van der Waals surface area contributed by atoms with Gasteiger partial charge in [0.05, 0.1) is 22.1 Å². The van der Waals surface area contributed by atoms with Crippen molar-refractivity contribution in [3.05, 3.63) is 167 Å². The summed E-state index contributed by atoms with van der Waals surface area (Å²) in [4.78, 5) is 0. The van der Waals surface area contributed by atoms with Crippen molar-refractivity contribution in [2.45, 2.75) is 52.4 Å².